The standard InChI is InChI=1S/C10H13F5/c11-7-8(12)10(14,15)5-6-3-1-2-4-9(6,7)13/h6-8H,1-5H2. The van der Waals surface area contributed by atoms with Crippen molar-refractivity contribution in [2.24, 2.45) is 5.92 Å². The third kappa shape index (κ3) is 1.54. The molecule has 2 rings (SSSR count). The normalized spacial score (nSPS) is 49.8. The van der Waals surface area contributed by atoms with E-state index in [0.29, 0.717) is 12.8 Å². The highest BCUT2D eigenvalue weighted by Crippen LogP contribution is 2.53. The lowest BCUT2D eigenvalue weighted by molar-refractivity contribution is -0.206. The van der Waals surface area contributed by atoms with E-state index in [9.17, 15) is 22.0 Å². The maximum absolute atomic E-state index is 14.1. The Hall–Kier alpha value is -0.350. The highest BCUT2D eigenvalue weighted by atomic mass is 19.3. The largest absolute Gasteiger partial charge is 0.282 e. The first kappa shape index (κ1) is 11.1. The van der Waals surface area contributed by atoms with Gasteiger partial charge in [0.1, 0.15) is 5.67 Å². The van der Waals surface area contributed by atoms with Crippen LogP contribution in [0.25, 0.3) is 0 Å². The van der Waals surface area contributed by atoms with E-state index in [2.05, 4.69) is 0 Å². The van der Waals surface area contributed by atoms with Crippen LogP contribution < -0.4 is 0 Å². The lowest BCUT2D eigenvalue weighted by atomic mass is 9.66. The van der Waals surface area contributed by atoms with Crippen LogP contribution in [0.1, 0.15) is 32.1 Å². The van der Waals surface area contributed by atoms with Crippen LogP contribution in [0, 0.1) is 5.92 Å². The highest BCUT2D eigenvalue weighted by molar-refractivity contribution is 5.08. The fraction of sp³-hybridized carbons (Fsp3) is 1.00. The molecule has 0 nitrogen and oxygen atoms in total. The molecule has 15 heavy (non-hydrogen) atoms. The maximum atomic E-state index is 14.1. The number of fused-ring (bicyclic) bond motifs is 1. The molecular formula is C10H13F5. The van der Waals surface area contributed by atoms with E-state index in [4.69, 9.17) is 0 Å². The fourth-order valence-corrected chi connectivity index (χ4v) is 2.76. The topological polar surface area (TPSA) is 0 Å². The summed E-state index contributed by atoms with van der Waals surface area (Å²) in [5.41, 5.74) is -2.36. The average Bonchev–Trinajstić information content (AvgIpc) is 2.17. The third-order valence-corrected chi connectivity index (χ3v) is 3.68. The Balaban J connectivity index is 2.27. The fourth-order valence-electron chi connectivity index (χ4n) is 2.76. The molecule has 5 heteroatoms. The molecule has 2 aliphatic rings. The first-order valence-corrected chi connectivity index (χ1v) is 5.23. The lowest BCUT2D eigenvalue weighted by Gasteiger charge is -2.47. The minimum absolute atomic E-state index is 0.130. The molecule has 0 amide bonds. The Labute approximate surface area is 84.8 Å². The summed E-state index contributed by atoms with van der Waals surface area (Å²) < 4.78 is 66.4. The summed E-state index contributed by atoms with van der Waals surface area (Å²) in [5.74, 6) is -4.74. The SMILES string of the molecule is FC1C(F)C2(F)CCCCC2CC1(F)F. The second-order valence-electron chi connectivity index (χ2n) is 4.64. The summed E-state index contributed by atoms with van der Waals surface area (Å²) in [6.07, 6.45) is -5.34. The van der Waals surface area contributed by atoms with Gasteiger partial charge in [0.15, 0.2) is 12.3 Å². The van der Waals surface area contributed by atoms with E-state index in [-0.39, 0.29) is 12.8 Å². The van der Waals surface area contributed by atoms with Crippen molar-refractivity contribution >= 4 is 0 Å². The molecule has 2 fully saturated rings. The van der Waals surface area contributed by atoms with Gasteiger partial charge < -0.3 is 0 Å². The molecule has 0 radical (unpaired) electrons. The minimum Gasteiger partial charge on any atom is -0.240 e. The first-order valence-electron chi connectivity index (χ1n) is 5.23. The molecule has 0 heterocycles. The molecule has 4 atom stereocenters. The summed E-state index contributed by atoms with van der Waals surface area (Å²) in [7, 11) is 0. The number of alkyl halides is 5. The van der Waals surface area contributed by atoms with Crippen molar-refractivity contribution in [3.8, 4) is 0 Å². The van der Waals surface area contributed by atoms with E-state index in [1.165, 1.54) is 0 Å². The van der Waals surface area contributed by atoms with E-state index >= 15 is 0 Å². The van der Waals surface area contributed by atoms with Gasteiger partial charge >= 0.3 is 0 Å². The van der Waals surface area contributed by atoms with Gasteiger partial charge in [0.25, 0.3) is 5.92 Å². The van der Waals surface area contributed by atoms with Crippen LogP contribution in [0.15, 0.2) is 0 Å². The molecule has 0 spiro atoms. The summed E-state index contributed by atoms with van der Waals surface area (Å²) in [5, 5.41) is 0. The van der Waals surface area contributed by atoms with Gasteiger partial charge in [-0.2, -0.15) is 0 Å². The number of hydrogen-bond acceptors (Lipinski definition) is 0. The van der Waals surface area contributed by atoms with Crippen LogP contribution in [-0.2, 0) is 0 Å². The molecule has 0 aromatic carbocycles. The summed E-state index contributed by atoms with van der Waals surface area (Å²) >= 11 is 0. The summed E-state index contributed by atoms with van der Waals surface area (Å²) in [6, 6.07) is 0. The molecule has 4 unspecified atom stereocenters. The van der Waals surface area contributed by atoms with Gasteiger partial charge in [-0.25, -0.2) is 22.0 Å². The minimum atomic E-state index is -3.71. The molecule has 0 N–H and O–H groups in total. The lowest BCUT2D eigenvalue weighted by Crippen LogP contribution is -2.60. The monoisotopic (exact) mass is 228 g/mol. The van der Waals surface area contributed by atoms with Crippen molar-refractivity contribution in [3.63, 3.8) is 0 Å². The van der Waals surface area contributed by atoms with Gasteiger partial charge in [0, 0.05) is 12.3 Å². The van der Waals surface area contributed by atoms with Crippen LogP contribution >= 0.6 is 0 Å². The summed E-state index contributed by atoms with van der Waals surface area (Å²) in [6.45, 7) is 0. The second-order valence-corrected chi connectivity index (χ2v) is 4.64. The molecule has 0 aromatic heterocycles. The predicted octanol–water partition coefficient (Wildman–Crippen LogP) is 3.60. The van der Waals surface area contributed by atoms with Crippen molar-refractivity contribution in [1.82, 2.24) is 0 Å². The zero-order chi connectivity index (χ0) is 11.3. The van der Waals surface area contributed by atoms with Crippen LogP contribution in [0.5, 0.6) is 0 Å². The van der Waals surface area contributed by atoms with Crippen molar-refractivity contribution in [1.29, 1.82) is 0 Å². The average molecular weight is 228 g/mol. The van der Waals surface area contributed by atoms with E-state index in [1.54, 1.807) is 0 Å². The second kappa shape index (κ2) is 3.32. The van der Waals surface area contributed by atoms with Crippen LogP contribution in [0.4, 0.5) is 22.0 Å². The van der Waals surface area contributed by atoms with Crippen molar-refractivity contribution < 1.29 is 22.0 Å². The Morgan fingerprint density at radius 1 is 0.933 bits per heavy atom. The van der Waals surface area contributed by atoms with Gasteiger partial charge in [-0.15, -0.1) is 0 Å². The number of halogens is 5. The van der Waals surface area contributed by atoms with Crippen LogP contribution in [0.3, 0.4) is 0 Å². The Morgan fingerprint density at radius 2 is 1.60 bits per heavy atom. The Morgan fingerprint density at radius 3 is 2.27 bits per heavy atom. The van der Waals surface area contributed by atoms with Gasteiger partial charge in [0.05, 0.1) is 0 Å². The van der Waals surface area contributed by atoms with Gasteiger partial charge in [-0.05, 0) is 12.8 Å². The molecule has 0 bridgehead atoms. The molecule has 0 aliphatic heterocycles. The molecule has 88 valence electrons. The Bertz CT molecular complexity index is 250. The number of rotatable bonds is 0. The van der Waals surface area contributed by atoms with Gasteiger partial charge in [-0.3, -0.25) is 0 Å². The predicted molar refractivity (Wildman–Crippen MR) is 45.2 cm³/mol. The smallest absolute Gasteiger partial charge is 0.240 e. The van der Waals surface area contributed by atoms with Crippen molar-refractivity contribution in [3.05, 3.63) is 0 Å². The molecule has 0 aromatic rings. The highest BCUT2D eigenvalue weighted by Gasteiger charge is 2.64. The van der Waals surface area contributed by atoms with Crippen LogP contribution in [0.2, 0.25) is 0 Å². The molecular weight excluding hydrogens is 215 g/mol. The quantitative estimate of drug-likeness (QED) is 0.556. The zero-order valence-corrected chi connectivity index (χ0v) is 8.16. The Kier molecular flexibility index (Phi) is 2.47. The molecule has 2 saturated carbocycles. The molecule has 0 saturated heterocycles. The van der Waals surface area contributed by atoms with Crippen LogP contribution in [-0.4, -0.2) is 23.9 Å². The molecule has 2 aliphatic carbocycles. The van der Waals surface area contributed by atoms with Gasteiger partial charge in [0.2, 0.25) is 0 Å². The van der Waals surface area contributed by atoms with E-state index in [1.807, 2.05) is 0 Å². The first-order chi connectivity index (χ1) is 6.88. The van der Waals surface area contributed by atoms with Crippen molar-refractivity contribution in [2.45, 2.75) is 56.0 Å². The number of hydrogen-bond donors (Lipinski definition) is 0. The van der Waals surface area contributed by atoms with Crippen molar-refractivity contribution in [2.75, 3.05) is 0 Å². The van der Waals surface area contributed by atoms with Gasteiger partial charge in [-0.1, -0.05) is 12.8 Å². The van der Waals surface area contributed by atoms with E-state index < -0.39 is 36.3 Å². The van der Waals surface area contributed by atoms with E-state index in [0.717, 1.165) is 0 Å². The maximum Gasteiger partial charge on any atom is 0.282 e. The summed E-state index contributed by atoms with van der Waals surface area (Å²) in [4.78, 5) is 0. The zero-order valence-electron chi connectivity index (χ0n) is 8.16. The third-order valence-electron chi connectivity index (χ3n) is 3.68.